The van der Waals surface area contributed by atoms with Crippen molar-refractivity contribution in [3.05, 3.63) is 88.2 Å². The molecule has 1 aliphatic carbocycles. The quantitative estimate of drug-likeness (QED) is 0.248. The monoisotopic (exact) mass is 507 g/mol. The van der Waals surface area contributed by atoms with Gasteiger partial charge in [0.2, 0.25) is 0 Å². The van der Waals surface area contributed by atoms with Crippen molar-refractivity contribution in [1.29, 1.82) is 5.41 Å². The van der Waals surface area contributed by atoms with Gasteiger partial charge in [0.25, 0.3) is 11.5 Å². The number of benzene rings is 1. The van der Waals surface area contributed by atoms with Gasteiger partial charge in [-0.2, -0.15) is 0 Å². The smallest absolute Gasteiger partial charge is 0.251 e. The summed E-state index contributed by atoms with van der Waals surface area (Å²) < 4.78 is 27.6. The molecule has 1 fully saturated rings. The highest BCUT2D eigenvalue weighted by atomic mass is 19.3. The molecule has 7 nitrogen and oxygen atoms in total. The molecule has 1 aliphatic rings. The van der Waals surface area contributed by atoms with Gasteiger partial charge in [-0.3, -0.25) is 9.78 Å². The molecule has 0 atom stereocenters. The van der Waals surface area contributed by atoms with E-state index in [1.807, 2.05) is 26.0 Å². The first-order valence-electron chi connectivity index (χ1n) is 12.4. The first-order chi connectivity index (χ1) is 17.7. The molecule has 0 radical (unpaired) electrons. The second-order valence-corrected chi connectivity index (χ2v) is 9.41. The van der Waals surface area contributed by atoms with Crippen molar-refractivity contribution in [3.63, 3.8) is 0 Å². The van der Waals surface area contributed by atoms with Gasteiger partial charge in [0.15, 0.2) is 0 Å². The number of pyridine rings is 1. The number of aliphatic hydroxyl groups is 1. The van der Waals surface area contributed by atoms with Crippen LogP contribution in [0.3, 0.4) is 0 Å². The fourth-order valence-corrected chi connectivity index (χ4v) is 4.41. The normalized spacial score (nSPS) is 15.5. The molecule has 0 amide bonds. The molecule has 9 heteroatoms. The van der Waals surface area contributed by atoms with E-state index in [0.29, 0.717) is 23.4 Å². The Kier molecular flexibility index (Phi) is 7.92. The van der Waals surface area contributed by atoms with E-state index in [9.17, 15) is 18.7 Å². The van der Waals surface area contributed by atoms with Crippen molar-refractivity contribution in [2.24, 2.45) is 0 Å². The molecule has 0 unspecified atom stereocenters. The lowest BCUT2D eigenvalue weighted by Crippen LogP contribution is -2.48. The maximum absolute atomic E-state index is 13.0. The number of alkyl halides is 2. The Morgan fingerprint density at radius 1 is 1.19 bits per heavy atom. The molecule has 1 aromatic carbocycles. The highest BCUT2D eigenvalue weighted by Gasteiger charge is 2.44. The Hall–Kier alpha value is -3.72. The van der Waals surface area contributed by atoms with Crippen LogP contribution >= 0.6 is 0 Å². The number of hydrogen-bond donors (Lipinski definition) is 3. The van der Waals surface area contributed by atoms with Crippen LogP contribution in [0.1, 0.15) is 62.4 Å². The van der Waals surface area contributed by atoms with Crippen LogP contribution in [0.25, 0.3) is 17.0 Å². The topological polar surface area (TPSA) is 104 Å². The van der Waals surface area contributed by atoms with Gasteiger partial charge in [-0.05, 0) is 30.0 Å². The molecule has 0 aliphatic heterocycles. The predicted octanol–water partition coefficient (Wildman–Crippen LogP) is 5.52. The number of hydrogen-bond acceptors (Lipinski definition) is 6. The lowest BCUT2D eigenvalue weighted by molar-refractivity contribution is -0.0930. The van der Waals surface area contributed by atoms with Gasteiger partial charge in [-0.25, -0.2) is 13.8 Å². The van der Waals surface area contributed by atoms with E-state index in [1.165, 1.54) is 18.3 Å². The lowest BCUT2D eigenvalue weighted by Gasteiger charge is -2.35. The first kappa shape index (κ1) is 26.3. The number of aromatic nitrogens is 3. The summed E-state index contributed by atoms with van der Waals surface area (Å²) in [6.45, 7) is 4.55. The van der Waals surface area contributed by atoms with Crippen molar-refractivity contribution < 1.29 is 13.9 Å². The molecular formula is C28H31F2N5O2. The maximum atomic E-state index is 13.0. The van der Waals surface area contributed by atoms with E-state index >= 15 is 0 Å². The van der Waals surface area contributed by atoms with Crippen molar-refractivity contribution >= 4 is 11.5 Å². The molecule has 2 aromatic heterocycles. The summed E-state index contributed by atoms with van der Waals surface area (Å²) in [6.07, 6.45) is 7.45. The second-order valence-electron chi connectivity index (χ2n) is 9.41. The second kappa shape index (κ2) is 11.1. The fraction of sp³-hybridized carbons (Fsp3) is 0.357. The van der Waals surface area contributed by atoms with Gasteiger partial charge < -0.3 is 20.4 Å². The minimum absolute atomic E-state index is 0.0795. The molecule has 0 spiro atoms. The number of halogens is 2. The van der Waals surface area contributed by atoms with Crippen LogP contribution < -0.4 is 10.9 Å². The SMILES string of the molecule is CCC(CC)n1cc(-c2cncc(/C(O)=C/C(=N)c3ccc(CNC4CC(F)(F)C4)cc3)n2)ccc1=O. The summed E-state index contributed by atoms with van der Waals surface area (Å²) in [5.74, 6) is -2.75. The summed E-state index contributed by atoms with van der Waals surface area (Å²) in [7, 11) is 0. The predicted molar refractivity (Wildman–Crippen MR) is 140 cm³/mol. The molecule has 4 rings (SSSR count). The zero-order chi connectivity index (χ0) is 26.6. The van der Waals surface area contributed by atoms with E-state index in [0.717, 1.165) is 18.4 Å². The zero-order valence-electron chi connectivity index (χ0n) is 20.9. The van der Waals surface area contributed by atoms with Gasteiger partial charge >= 0.3 is 0 Å². The summed E-state index contributed by atoms with van der Waals surface area (Å²) >= 11 is 0. The molecule has 194 valence electrons. The zero-order valence-corrected chi connectivity index (χ0v) is 20.9. The third-order valence-corrected chi connectivity index (χ3v) is 6.70. The minimum atomic E-state index is -2.55. The standard InChI is InChI=1S/C28H31F2N5O2/c1-3-22(4-2)35-17-20(9-10-27(35)37)24-15-32-16-25(34-24)26(36)11-23(31)19-7-5-18(6-8-19)14-33-21-12-28(29,30)13-21/h5-11,15-17,21-22,31,33,36H,3-4,12-14H2,1-2H3/b26-11-,31-23?. The molecule has 1 saturated carbocycles. The Balaban J connectivity index is 1.45. The molecule has 0 saturated heterocycles. The highest BCUT2D eigenvalue weighted by molar-refractivity contribution is 6.09. The van der Waals surface area contributed by atoms with Crippen LogP contribution in [0.15, 0.2) is 65.9 Å². The van der Waals surface area contributed by atoms with Crippen LogP contribution in [0.5, 0.6) is 0 Å². The maximum Gasteiger partial charge on any atom is 0.251 e. The summed E-state index contributed by atoms with van der Waals surface area (Å²) in [6, 6.07) is 10.3. The van der Waals surface area contributed by atoms with E-state index in [4.69, 9.17) is 5.41 Å². The molecule has 3 N–H and O–H groups in total. The third-order valence-electron chi connectivity index (χ3n) is 6.70. The molecule has 3 aromatic rings. The number of nitrogens with one attached hydrogen (secondary N) is 2. The van der Waals surface area contributed by atoms with Gasteiger partial charge in [0.05, 0.1) is 23.8 Å². The number of aliphatic hydroxyl groups excluding tert-OH is 1. The van der Waals surface area contributed by atoms with Crippen molar-refractivity contribution in [3.8, 4) is 11.3 Å². The summed E-state index contributed by atoms with van der Waals surface area (Å²) in [5.41, 5.74) is 2.94. The van der Waals surface area contributed by atoms with Gasteiger partial charge in [-0.1, -0.05) is 38.1 Å². The van der Waals surface area contributed by atoms with Crippen LogP contribution in [-0.2, 0) is 6.54 Å². The van der Waals surface area contributed by atoms with Gasteiger partial charge in [0, 0.05) is 55.4 Å². The number of nitrogens with zero attached hydrogens (tertiary/aromatic N) is 3. The van der Waals surface area contributed by atoms with E-state index in [2.05, 4.69) is 15.3 Å². The van der Waals surface area contributed by atoms with Crippen molar-refractivity contribution in [2.45, 2.75) is 64.1 Å². The van der Waals surface area contributed by atoms with E-state index in [-0.39, 0.29) is 47.6 Å². The Bertz CT molecular complexity index is 1340. The van der Waals surface area contributed by atoms with Gasteiger partial charge in [0.1, 0.15) is 11.5 Å². The van der Waals surface area contributed by atoms with Crippen LogP contribution in [-0.4, -0.2) is 37.3 Å². The first-order valence-corrected chi connectivity index (χ1v) is 12.4. The molecule has 2 heterocycles. The van der Waals surface area contributed by atoms with Crippen LogP contribution in [0.2, 0.25) is 0 Å². The number of allylic oxidation sites excluding steroid dienone is 1. The van der Waals surface area contributed by atoms with E-state index < -0.39 is 5.92 Å². The average Bonchev–Trinajstić information content (AvgIpc) is 2.88. The Morgan fingerprint density at radius 3 is 2.54 bits per heavy atom. The summed E-state index contributed by atoms with van der Waals surface area (Å²) in [4.78, 5) is 21.0. The molecule has 0 bridgehead atoms. The molecule has 37 heavy (non-hydrogen) atoms. The van der Waals surface area contributed by atoms with Crippen LogP contribution in [0, 0.1) is 5.41 Å². The Labute approximate surface area is 214 Å². The van der Waals surface area contributed by atoms with Crippen LogP contribution in [0.4, 0.5) is 8.78 Å². The fourth-order valence-electron chi connectivity index (χ4n) is 4.41. The number of rotatable bonds is 10. The Morgan fingerprint density at radius 2 is 1.89 bits per heavy atom. The van der Waals surface area contributed by atoms with Gasteiger partial charge in [-0.15, -0.1) is 0 Å². The summed E-state index contributed by atoms with van der Waals surface area (Å²) in [5, 5.41) is 22.1. The average molecular weight is 508 g/mol. The van der Waals surface area contributed by atoms with E-state index in [1.54, 1.807) is 35.2 Å². The molecular weight excluding hydrogens is 476 g/mol. The third kappa shape index (κ3) is 6.35. The van der Waals surface area contributed by atoms with Crippen molar-refractivity contribution in [2.75, 3.05) is 0 Å². The minimum Gasteiger partial charge on any atom is -0.506 e. The highest BCUT2D eigenvalue weighted by Crippen LogP contribution is 2.37. The lowest BCUT2D eigenvalue weighted by atomic mass is 9.88. The largest absolute Gasteiger partial charge is 0.506 e. The van der Waals surface area contributed by atoms with Crippen molar-refractivity contribution in [1.82, 2.24) is 19.9 Å².